The summed E-state index contributed by atoms with van der Waals surface area (Å²) in [6.45, 7) is 4.19. The van der Waals surface area contributed by atoms with Crippen molar-refractivity contribution in [3.05, 3.63) is 64.7 Å². The zero-order chi connectivity index (χ0) is 33.4. The fourth-order valence-corrected chi connectivity index (χ4v) is 5.98. The van der Waals surface area contributed by atoms with Crippen molar-refractivity contribution in [2.45, 2.75) is 76.4 Å². The van der Waals surface area contributed by atoms with Crippen LogP contribution in [0, 0.1) is 0 Å². The number of hydrogen-bond acceptors (Lipinski definition) is 8. The number of benzene rings is 2. The average Bonchev–Trinajstić information content (AvgIpc) is 2.99. The average molecular weight is 645 g/mol. The molecule has 0 atom stereocenters. The molecule has 11 nitrogen and oxygen atoms in total. The maximum Gasteiger partial charge on any atom is 0.471 e. The monoisotopic (exact) mass is 644 g/mol. The second-order valence-corrected chi connectivity index (χ2v) is 12.4. The van der Waals surface area contributed by atoms with E-state index >= 15 is 0 Å². The maximum atomic E-state index is 13.7. The highest BCUT2D eigenvalue weighted by molar-refractivity contribution is 6.01. The van der Waals surface area contributed by atoms with Crippen LogP contribution in [0.4, 0.5) is 18.0 Å². The molecule has 14 heteroatoms. The number of ether oxygens (including phenoxy) is 3. The molecule has 2 fully saturated rings. The van der Waals surface area contributed by atoms with Crippen LogP contribution < -0.4 is 15.0 Å². The van der Waals surface area contributed by atoms with E-state index in [1.54, 1.807) is 26.8 Å². The molecule has 0 radical (unpaired) electrons. The Bertz CT molecular complexity index is 1690. The molecule has 1 aliphatic carbocycles. The maximum absolute atomic E-state index is 13.7. The SMILES string of the molecule is COc1cc2ncn(Cc3ccccc3)c(=O)c2cc1O[C@H]1CC[C@]2(CC1)C(=O)N(C(=O)OC(C)(C)C)CCN2C(=O)C(F)(F)F. The number of nitrogens with zero attached hydrogens (tertiary/aromatic N) is 4. The number of carbonyl (C=O) groups excluding carboxylic acids is 3. The van der Waals surface area contributed by atoms with Crippen LogP contribution in [0.15, 0.2) is 53.6 Å². The number of carbonyl (C=O) groups is 3. The van der Waals surface area contributed by atoms with E-state index in [9.17, 15) is 32.3 Å². The molecule has 2 aromatic carbocycles. The molecule has 46 heavy (non-hydrogen) atoms. The predicted molar refractivity (Wildman–Crippen MR) is 159 cm³/mol. The van der Waals surface area contributed by atoms with Crippen molar-refractivity contribution in [3.63, 3.8) is 0 Å². The second-order valence-electron chi connectivity index (χ2n) is 12.4. The summed E-state index contributed by atoms with van der Waals surface area (Å²) < 4.78 is 59.5. The third kappa shape index (κ3) is 6.51. The largest absolute Gasteiger partial charge is 0.493 e. The van der Waals surface area contributed by atoms with Gasteiger partial charge in [-0.2, -0.15) is 13.2 Å². The van der Waals surface area contributed by atoms with Gasteiger partial charge in [-0.05, 0) is 58.1 Å². The molecule has 5 rings (SSSR count). The minimum atomic E-state index is -5.21. The molecule has 2 aliphatic rings. The Morgan fingerprint density at radius 3 is 2.28 bits per heavy atom. The van der Waals surface area contributed by atoms with Gasteiger partial charge in [-0.3, -0.25) is 19.0 Å². The third-order valence-corrected chi connectivity index (χ3v) is 8.17. The Balaban J connectivity index is 1.40. The van der Waals surface area contributed by atoms with Crippen LogP contribution in [0.1, 0.15) is 52.0 Å². The molecule has 0 bridgehead atoms. The van der Waals surface area contributed by atoms with Crippen molar-refractivity contribution in [1.82, 2.24) is 19.4 Å². The molecule has 0 unspecified atom stereocenters. The Morgan fingerprint density at radius 1 is 1.00 bits per heavy atom. The van der Waals surface area contributed by atoms with Gasteiger partial charge in [0.2, 0.25) is 0 Å². The van der Waals surface area contributed by atoms with Crippen LogP contribution >= 0.6 is 0 Å². The molecule has 246 valence electrons. The fourth-order valence-electron chi connectivity index (χ4n) is 5.98. The zero-order valence-corrected chi connectivity index (χ0v) is 25.9. The van der Waals surface area contributed by atoms with Crippen LogP contribution in [0.2, 0.25) is 0 Å². The summed E-state index contributed by atoms with van der Waals surface area (Å²) in [7, 11) is 1.42. The highest BCUT2D eigenvalue weighted by Crippen LogP contribution is 2.42. The molecular weight excluding hydrogens is 609 g/mol. The molecule has 3 amide bonds. The number of halogens is 3. The fraction of sp³-hybridized carbons (Fsp3) is 0.469. The summed E-state index contributed by atoms with van der Waals surface area (Å²) >= 11 is 0. The first-order valence-corrected chi connectivity index (χ1v) is 14.8. The quantitative estimate of drug-likeness (QED) is 0.393. The topological polar surface area (TPSA) is 120 Å². The number of piperazine rings is 1. The van der Waals surface area contributed by atoms with Gasteiger partial charge in [-0.25, -0.2) is 14.7 Å². The van der Waals surface area contributed by atoms with Gasteiger partial charge in [0.05, 0.1) is 37.0 Å². The molecular formula is C32H35F3N4O7. The van der Waals surface area contributed by atoms with Crippen LogP contribution in [0.3, 0.4) is 0 Å². The van der Waals surface area contributed by atoms with Crippen LogP contribution in [-0.2, 0) is 20.9 Å². The van der Waals surface area contributed by atoms with E-state index in [1.165, 1.54) is 24.1 Å². The molecule has 1 saturated heterocycles. The minimum Gasteiger partial charge on any atom is -0.493 e. The highest BCUT2D eigenvalue weighted by atomic mass is 19.4. The molecule has 2 heterocycles. The number of fused-ring (bicyclic) bond motifs is 1. The van der Waals surface area contributed by atoms with E-state index < -0.39 is 54.4 Å². The van der Waals surface area contributed by atoms with Gasteiger partial charge in [-0.1, -0.05) is 30.3 Å². The van der Waals surface area contributed by atoms with Gasteiger partial charge >= 0.3 is 18.2 Å². The van der Waals surface area contributed by atoms with Gasteiger partial charge in [-0.15, -0.1) is 0 Å². The van der Waals surface area contributed by atoms with E-state index in [0.717, 1.165) is 10.5 Å². The van der Waals surface area contributed by atoms with Gasteiger partial charge in [0, 0.05) is 19.2 Å². The summed E-state index contributed by atoms with van der Waals surface area (Å²) in [5.74, 6) is -2.54. The Morgan fingerprint density at radius 2 is 1.67 bits per heavy atom. The predicted octanol–water partition coefficient (Wildman–Crippen LogP) is 4.68. The Kier molecular flexibility index (Phi) is 8.75. The molecule has 1 aliphatic heterocycles. The number of alkyl halides is 3. The number of aromatic nitrogens is 2. The van der Waals surface area contributed by atoms with E-state index in [-0.39, 0.29) is 42.4 Å². The summed E-state index contributed by atoms with van der Waals surface area (Å²) in [6.07, 6.45) is -5.60. The third-order valence-electron chi connectivity index (χ3n) is 8.17. The Hall–Kier alpha value is -4.62. The summed E-state index contributed by atoms with van der Waals surface area (Å²) in [4.78, 5) is 58.2. The number of imide groups is 1. The van der Waals surface area contributed by atoms with Crippen LogP contribution in [0.25, 0.3) is 10.9 Å². The molecule has 0 N–H and O–H groups in total. The lowest BCUT2D eigenvalue weighted by atomic mass is 9.76. The van der Waals surface area contributed by atoms with Gasteiger partial charge in [0.15, 0.2) is 11.5 Å². The van der Waals surface area contributed by atoms with E-state index in [4.69, 9.17) is 14.2 Å². The summed E-state index contributed by atoms with van der Waals surface area (Å²) in [5, 5.41) is 0.277. The van der Waals surface area contributed by atoms with E-state index in [0.29, 0.717) is 22.7 Å². The van der Waals surface area contributed by atoms with E-state index in [2.05, 4.69) is 4.98 Å². The van der Waals surface area contributed by atoms with Crippen LogP contribution in [0.5, 0.6) is 11.5 Å². The van der Waals surface area contributed by atoms with Gasteiger partial charge in [0.25, 0.3) is 11.5 Å². The van der Waals surface area contributed by atoms with Crippen molar-refractivity contribution in [2.24, 2.45) is 0 Å². The molecule has 1 saturated carbocycles. The number of amides is 3. The first-order chi connectivity index (χ1) is 21.6. The van der Waals surface area contributed by atoms with Crippen molar-refractivity contribution in [2.75, 3.05) is 20.2 Å². The summed E-state index contributed by atoms with van der Waals surface area (Å²) in [6, 6.07) is 12.5. The minimum absolute atomic E-state index is 0.0714. The van der Waals surface area contributed by atoms with Crippen molar-refractivity contribution >= 4 is 28.8 Å². The highest BCUT2D eigenvalue weighted by Gasteiger charge is 2.59. The van der Waals surface area contributed by atoms with Crippen molar-refractivity contribution < 1.29 is 41.8 Å². The van der Waals surface area contributed by atoms with Crippen LogP contribution in [-0.4, -0.2) is 80.9 Å². The van der Waals surface area contributed by atoms with Crippen molar-refractivity contribution in [3.8, 4) is 11.5 Å². The molecule has 1 spiro atoms. The lowest BCUT2D eigenvalue weighted by Crippen LogP contribution is -2.71. The smallest absolute Gasteiger partial charge is 0.471 e. The zero-order valence-electron chi connectivity index (χ0n) is 25.9. The van der Waals surface area contributed by atoms with Gasteiger partial charge in [0.1, 0.15) is 11.1 Å². The normalized spacial score (nSPS) is 20.6. The number of hydrogen-bond donors (Lipinski definition) is 0. The molecule has 1 aromatic heterocycles. The summed E-state index contributed by atoms with van der Waals surface area (Å²) in [5.41, 5.74) is -1.87. The first kappa shape index (κ1) is 32.8. The van der Waals surface area contributed by atoms with Gasteiger partial charge < -0.3 is 19.1 Å². The first-order valence-electron chi connectivity index (χ1n) is 14.8. The lowest BCUT2D eigenvalue weighted by Gasteiger charge is -2.51. The molecule has 3 aromatic rings. The number of rotatable bonds is 5. The van der Waals surface area contributed by atoms with Crippen molar-refractivity contribution in [1.29, 1.82) is 0 Å². The lowest BCUT2D eigenvalue weighted by molar-refractivity contribution is -0.199. The standard InChI is InChI=1S/C32H35F3N4O7/c1-30(2,3)46-29(43)38-14-15-39(28(42)32(33,34)35)31(27(38)41)12-10-21(11-13-31)45-25-16-22-23(17-24(25)44-4)36-19-37(26(22)40)18-20-8-6-5-7-9-20/h5-9,16-17,19,21H,10-15,18H2,1-4H3/t21-,31-. The second kappa shape index (κ2) is 12.3. The van der Waals surface area contributed by atoms with E-state index in [1.807, 2.05) is 30.3 Å². The number of methoxy groups -OCH3 is 1. The Labute approximate surface area is 262 Å².